The summed E-state index contributed by atoms with van der Waals surface area (Å²) in [5.41, 5.74) is 2.26. The van der Waals surface area contributed by atoms with Crippen molar-refractivity contribution in [3.8, 4) is 10.6 Å². The van der Waals surface area contributed by atoms with Gasteiger partial charge in [0.2, 0.25) is 5.95 Å². The lowest BCUT2D eigenvalue weighted by Crippen LogP contribution is -2.09. The van der Waals surface area contributed by atoms with Crippen LogP contribution in [0.15, 0.2) is 24.3 Å². The smallest absolute Gasteiger partial charge is 0.237 e. The lowest BCUT2D eigenvalue weighted by molar-refractivity contribution is 0.119. The van der Waals surface area contributed by atoms with Crippen LogP contribution in [0.25, 0.3) is 10.6 Å². The van der Waals surface area contributed by atoms with Crippen molar-refractivity contribution in [1.82, 2.24) is 9.36 Å². The van der Waals surface area contributed by atoms with E-state index in [-0.39, 0.29) is 6.10 Å². The largest absolute Gasteiger partial charge is 0.377 e. The van der Waals surface area contributed by atoms with Gasteiger partial charge in [0.25, 0.3) is 0 Å². The molecule has 96 valence electrons. The maximum atomic E-state index is 5.29. The van der Waals surface area contributed by atoms with Crippen LogP contribution in [0.4, 0.5) is 5.95 Å². The van der Waals surface area contributed by atoms with Crippen molar-refractivity contribution in [1.29, 1.82) is 0 Å². The van der Waals surface area contributed by atoms with Gasteiger partial charge < -0.3 is 9.64 Å². The van der Waals surface area contributed by atoms with Crippen LogP contribution in [-0.2, 0) is 4.74 Å². The molecule has 0 amide bonds. The summed E-state index contributed by atoms with van der Waals surface area (Å²) in [5.74, 6) is 0.754. The Hall–Kier alpha value is -1.46. The lowest BCUT2D eigenvalue weighted by atomic mass is 10.1. The Labute approximate surface area is 111 Å². The number of nitrogens with zero attached hydrogens (tertiary/aromatic N) is 3. The monoisotopic (exact) mass is 263 g/mol. The number of anilines is 1. The van der Waals surface area contributed by atoms with Crippen molar-refractivity contribution in [3.05, 3.63) is 29.8 Å². The van der Waals surface area contributed by atoms with Crippen LogP contribution in [0.1, 0.15) is 18.6 Å². The number of ether oxygens (including phenoxy) is 1. The van der Waals surface area contributed by atoms with Crippen molar-refractivity contribution < 1.29 is 4.74 Å². The molecule has 0 radical (unpaired) electrons. The first-order chi connectivity index (χ1) is 8.61. The molecule has 2 aromatic rings. The van der Waals surface area contributed by atoms with E-state index in [0.717, 1.165) is 16.5 Å². The number of rotatable bonds is 4. The number of benzene rings is 1. The van der Waals surface area contributed by atoms with E-state index >= 15 is 0 Å². The molecule has 0 saturated heterocycles. The maximum Gasteiger partial charge on any atom is 0.237 e. The van der Waals surface area contributed by atoms with Crippen molar-refractivity contribution >= 4 is 17.5 Å². The Morgan fingerprint density at radius 2 is 1.89 bits per heavy atom. The molecule has 1 aromatic heterocycles. The van der Waals surface area contributed by atoms with E-state index in [0.29, 0.717) is 0 Å². The molecule has 0 spiro atoms. The molecule has 2 rings (SSSR count). The predicted molar refractivity (Wildman–Crippen MR) is 75.1 cm³/mol. The van der Waals surface area contributed by atoms with Crippen LogP contribution < -0.4 is 4.90 Å². The Morgan fingerprint density at radius 3 is 2.39 bits per heavy atom. The standard InChI is InChI=1S/C13H17N3OS/c1-9(17-4)10-5-7-11(8-6-10)12-14-13(15-18-12)16(2)3/h5-9H,1-4H3/t9-/m0/s1. The van der Waals surface area contributed by atoms with Crippen molar-refractivity contribution in [2.75, 3.05) is 26.1 Å². The Balaban J connectivity index is 2.23. The minimum absolute atomic E-state index is 0.116. The molecule has 0 saturated carbocycles. The summed E-state index contributed by atoms with van der Waals surface area (Å²) >= 11 is 1.42. The molecule has 5 heteroatoms. The zero-order valence-electron chi connectivity index (χ0n) is 11.0. The Bertz CT molecular complexity index is 507. The topological polar surface area (TPSA) is 38.2 Å². The second-order valence-electron chi connectivity index (χ2n) is 4.29. The number of aromatic nitrogens is 2. The summed E-state index contributed by atoms with van der Waals surface area (Å²) in [7, 11) is 5.59. The molecule has 0 N–H and O–H groups in total. The molecular weight excluding hydrogens is 246 g/mol. The molecule has 0 fully saturated rings. The van der Waals surface area contributed by atoms with Gasteiger partial charge in [0.1, 0.15) is 5.01 Å². The first kappa shape index (κ1) is 13.0. The average molecular weight is 263 g/mol. The SMILES string of the molecule is CO[C@@H](C)c1ccc(-c2nc(N(C)C)ns2)cc1. The van der Waals surface area contributed by atoms with Gasteiger partial charge in [0.05, 0.1) is 6.10 Å². The molecule has 1 heterocycles. The summed E-state index contributed by atoms with van der Waals surface area (Å²) in [5, 5.41) is 0.940. The van der Waals surface area contributed by atoms with Gasteiger partial charge in [-0.3, -0.25) is 0 Å². The zero-order valence-corrected chi connectivity index (χ0v) is 11.9. The predicted octanol–water partition coefficient (Wildman–Crippen LogP) is 2.98. The Kier molecular flexibility index (Phi) is 3.93. The van der Waals surface area contributed by atoms with E-state index in [2.05, 4.69) is 33.6 Å². The fourth-order valence-corrected chi connectivity index (χ4v) is 2.28. The summed E-state index contributed by atoms with van der Waals surface area (Å²) in [4.78, 5) is 6.38. The molecule has 0 aliphatic carbocycles. The quantitative estimate of drug-likeness (QED) is 0.850. The van der Waals surface area contributed by atoms with Gasteiger partial charge in [0.15, 0.2) is 0 Å². The number of methoxy groups -OCH3 is 1. The van der Waals surface area contributed by atoms with Crippen molar-refractivity contribution in [2.24, 2.45) is 0 Å². The molecule has 1 aromatic carbocycles. The van der Waals surface area contributed by atoms with Crippen LogP contribution >= 0.6 is 11.5 Å². The van der Waals surface area contributed by atoms with E-state index in [9.17, 15) is 0 Å². The fourth-order valence-electron chi connectivity index (χ4n) is 1.55. The van der Waals surface area contributed by atoms with Crippen LogP contribution in [0.5, 0.6) is 0 Å². The molecule has 0 aliphatic rings. The summed E-state index contributed by atoms with van der Waals surface area (Å²) in [6.45, 7) is 2.03. The Morgan fingerprint density at radius 1 is 1.22 bits per heavy atom. The van der Waals surface area contributed by atoms with E-state index in [4.69, 9.17) is 4.74 Å². The molecule has 0 bridgehead atoms. The van der Waals surface area contributed by atoms with E-state index < -0.39 is 0 Å². The first-order valence-corrected chi connectivity index (χ1v) is 6.53. The van der Waals surface area contributed by atoms with Gasteiger partial charge in [-0.05, 0) is 24.0 Å². The first-order valence-electron chi connectivity index (χ1n) is 5.76. The van der Waals surface area contributed by atoms with Crippen LogP contribution in [0.2, 0.25) is 0 Å². The second-order valence-corrected chi connectivity index (χ2v) is 5.05. The van der Waals surface area contributed by atoms with E-state index in [1.807, 2.05) is 25.9 Å². The third kappa shape index (κ3) is 2.68. The molecule has 0 aliphatic heterocycles. The molecule has 18 heavy (non-hydrogen) atoms. The van der Waals surface area contributed by atoms with Gasteiger partial charge in [-0.15, -0.1) is 0 Å². The van der Waals surface area contributed by atoms with Crippen molar-refractivity contribution in [2.45, 2.75) is 13.0 Å². The van der Waals surface area contributed by atoms with E-state index in [1.54, 1.807) is 7.11 Å². The minimum atomic E-state index is 0.116. The molecule has 0 unspecified atom stereocenters. The third-order valence-electron chi connectivity index (χ3n) is 2.80. The van der Waals surface area contributed by atoms with Crippen molar-refractivity contribution in [3.63, 3.8) is 0 Å². The van der Waals surface area contributed by atoms with Crippen LogP contribution in [0, 0.1) is 0 Å². The van der Waals surface area contributed by atoms with Crippen LogP contribution in [0.3, 0.4) is 0 Å². The van der Waals surface area contributed by atoms with E-state index in [1.165, 1.54) is 17.1 Å². The summed E-state index contributed by atoms with van der Waals surface area (Å²) in [6, 6.07) is 8.26. The highest BCUT2D eigenvalue weighted by Crippen LogP contribution is 2.26. The summed E-state index contributed by atoms with van der Waals surface area (Å²) in [6.07, 6.45) is 0.116. The average Bonchev–Trinajstić information content (AvgIpc) is 2.88. The maximum absolute atomic E-state index is 5.29. The molecular formula is C13H17N3OS. The highest BCUT2D eigenvalue weighted by Gasteiger charge is 2.09. The lowest BCUT2D eigenvalue weighted by Gasteiger charge is -2.09. The van der Waals surface area contributed by atoms with Gasteiger partial charge >= 0.3 is 0 Å². The summed E-state index contributed by atoms with van der Waals surface area (Å²) < 4.78 is 9.58. The van der Waals surface area contributed by atoms with Gasteiger partial charge in [-0.1, -0.05) is 24.3 Å². The van der Waals surface area contributed by atoms with Crippen LogP contribution in [-0.4, -0.2) is 30.6 Å². The highest BCUT2D eigenvalue weighted by molar-refractivity contribution is 7.09. The molecule has 4 nitrogen and oxygen atoms in total. The number of hydrogen-bond donors (Lipinski definition) is 0. The molecule has 1 atom stereocenters. The second kappa shape index (κ2) is 5.46. The third-order valence-corrected chi connectivity index (χ3v) is 3.55. The number of hydrogen-bond acceptors (Lipinski definition) is 5. The zero-order chi connectivity index (χ0) is 13.1. The minimum Gasteiger partial charge on any atom is -0.377 e. The van der Waals surface area contributed by atoms with Gasteiger partial charge in [0, 0.05) is 26.8 Å². The highest BCUT2D eigenvalue weighted by atomic mass is 32.1. The van der Waals surface area contributed by atoms with Gasteiger partial charge in [-0.25, -0.2) is 0 Å². The van der Waals surface area contributed by atoms with Gasteiger partial charge in [-0.2, -0.15) is 9.36 Å². The normalized spacial score (nSPS) is 12.4. The fraction of sp³-hybridized carbons (Fsp3) is 0.385.